The summed E-state index contributed by atoms with van der Waals surface area (Å²) in [6.45, 7) is 0. The number of furan rings is 1. The number of hydrogen-bond acceptors (Lipinski definition) is 1. The molecule has 1 heteroatoms. The first-order valence-electron chi connectivity index (χ1n) is 16.1. The molecule has 172 valence electrons. The molecule has 0 aliphatic heterocycles. The molecule has 0 unspecified atom stereocenters. The van der Waals surface area contributed by atoms with Crippen LogP contribution in [0.4, 0.5) is 0 Å². The average Bonchev–Trinajstić information content (AvgIpc) is 3.46. The second kappa shape index (κ2) is 7.81. The quantitative estimate of drug-likeness (QED) is 0.225. The zero-order chi connectivity index (χ0) is 31.3. The molecule has 0 aliphatic carbocycles. The maximum Gasteiger partial charge on any atom is 0.143 e. The van der Waals surface area contributed by atoms with Crippen molar-refractivity contribution in [3.05, 3.63) is 133 Å². The van der Waals surface area contributed by atoms with E-state index in [1.54, 1.807) is 30.3 Å². The highest BCUT2D eigenvalue weighted by Gasteiger charge is 2.20. The Kier molecular flexibility index (Phi) is 2.96. The summed E-state index contributed by atoms with van der Waals surface area (Å²) in [6.07, 6.45) is 0. The van der Waals surface area contributed by atoms with E-state index in [0.29, 0.717) is 27.9 Å². The van der Waals surface area contributed by atoms with E-state index < -0.39 is 24.2 Å². The molecule has 1 nitrogen and oxygen atoms in total. The van der Waals surface area contributed by atoms with Gasteiger partial charge in [0.05, 0.1) is 11.0 Å². The minimum Gasteiger partial charge on any atom is -0.455 e. The molecule has 0 amide bonds. The highest BCUT2D eigenvalue weighted by Crippen LogP contribution is 2.46. The fourth-order valence-corrected chi connectivity index (χ4v) is 5.51. The summed E-state index contributed by atoms with van der Waals surface area (Å²) in [4.78, 5) is 0. The molecule has 1 heterocycles. The molecule has 0 fully saturated rings. The van der Waals surface area contributed by atoms with Crippen molar-refractivity contribution in [1.29, 1.82) is 0 Å². The number of hydrogen-bond donors (Lipinski definition) is 0. The van der Waals surface area contributed by atoms with Crippen molar-refractivity contribution in [1.82, 2.24) is 0 Å². The van der Waals surface area contributed by atoms with Gasteiger partial charge in [0.25, 0.3) is 0 Å². The predicted molar refractivity (Wildman–Crippen MR) is 157 cm³/mol. The molecule has 0 spiro atoms. The second-order valence-corrected chi connectivity index (χ2v) is 9.06. The van der Waals surface area contributed by atoms with Crippen LogP contribution >= 0.6 is 0 Å². The summed E-state index contributed by atoms with van der Waals surface area (Å²) >= 11 is 0. The average molecular weight is 479 g/mol. The normalized spacial score (nSPS) is 14.8. The molecule has 0 N–H and O–H groups in total. The Balaban J connectivity index is 1.70. The van der Waals surface area contributed by atoms with Gasteiger partial charge in [0.2, 0.25) is 0 Å². The molecule has 7 aromatic carbocycles. The van der Waals surface area contributed by atoms with E-state index in [4.69, 9.17) is 12.6 Å². The van der Waals surface area contributed by atoms with Crippen LogP contribution in [0.1, 0.15) is 11.0 Å². The summed E-state index contributed by atoms with van der Waals surface area (Å²) in [5.41, 5.74) is 2.76. The van der Waals surface area contributed by atoms with Crippen LogP contribution in [-0.2, 0) is 0 Å². The van der Waals surface area contributed by atoms with Gasteiger partial charge in [-0.25, -0.2) is 0 Å². The highest BCUT2D eigenvalue weighted by atomic mass is 16.3. The van der Waals surface area contributed by atoms with Gasteiger partial charge >= 0.3 is 0 Å². The van der Waals surface area contributed by atoms with Gasteiger partial charge < -0.3 is 4.42 Å². The van der Waals surface area contributed by atoms with Crippen molar-refractivity contribution in [2.24, 2.45) is 0 Å². The van der Waals surface area contributed by atoms with E-state index >= 15 is 0 Å². The minimum absolute atomic E-state index is 0.162. The maximum absolute atomic E-state index is 9.18. The molecule has 1 aromatic heterocycles. The van der Waals surface area contributed by atoms with Crippen LogP contribution in [0.25, 0.3) is 76.5 Å². The number of fused-ring (bicyclic) bond motifs is 7. The van der Waals surface area contributed by atoms with Crippen molar-refractivity contribution in [3.63, 3.8) is 0 Å². The molecule has 0 atom stereocenters. The van der Waals surface area contributed by atoms with Gasteiger partial charge in [0.1, 0.15) is 11.2 Å². The van der Waals surface area contributed by atoms with Crippen LogP contribution < -0.4 is 0 Å². The Hall–Kier alpha value is -4.88. The van der Waals surface area contributed by atoms with Gasteiger partial charge in [-0.1, -0.05) is 127 Å². The van der Waals surface area contributed by atoms with E-state index in [1.165, 1.54) is 0 Å². The fourth-order valence-electron chi connectivity index (χ4n) is 5.51. The molecule has 8 aromatic rings. The number of rotatable bonds is 2. The first kappa shape index (κ1) is 14.0. The monoisotopic (exact) mass is 478 g/mol. The lowest BCUT2D eigenvalue weighted by Gasteiger charge is -2.17. The van der Waals surface area contributed by atoms with Gasteiger partial charge in [0.15, 0.2) is 0 Å². The fraction of sp³-hybridized carbons (Fsp3) is 0. The van der Waals surface area contributed by atoms with Crippen LogP contribution in [0.5, 0.6) is 0 Å². The molecular formula is C36H22O. The molecule has 0 saturated heterocycles. The Morgan fingerprint density at radius 1 is 0.432 bits per heavy atom. The summed E-state index contributed by atoms with van der Waals surface area (Å²) in [7, 11) is 0. The Bertz CT molecular complexity index is 2490. The van der Waals surface area contributed by atoms with Crippen LogP contribution in [0.2, 0.25) is 0 Å². The largest absolute Gasteiger partial charge is 0.455 e. The summed E-state index contributed by atoms with van der Waals surface area (Å²) < 4.78 is 77.7. The van der Waals surface area contributed by atoms with Crippen molar-refractivity contribution in [3.8, 4) is 22.3 Å². The Labute approximate surface area is 225 Å². The number of benzene rings is 7. The topological polar surface area (TPSA) is 13.1 Å². The van der Waals surface area contributed by atoms with Gasteiger partial charge in [-0.05, 0) is 44.1 Å². The summed E-state index contributed by atoms with van der Waals surface area (Å²) in [5, 5.41) is 4.24. The first-order chi connectivity index (χ1) is 21.7. The van der Waals surface area contributed by atoms with Crippen LogP contribution in [0.3, 0.4) is 0 Å². The number of para-hydroxylation sites is 1. The lowest BCUT2D eigenvalue weighted by atomic mass is 9.85. The van der Waals surface area contributed by atoms with Crippen LogP contribution in [-0.4, -0.2) is 0 Å². The highest BCUT2D eigenvalue weighted by molar-refractivity contribution is 6.25. The summed E-state index contributed by atoms with van der Waals surface area (Å²) in [6, 6.07) is 23.5. The Morgan fingerprint density at radius 2 is 1.03 bits per heavy atom. The molecule has 0 saturated carbocycles. The van der Waals surface area contributed by atoms with E-state index in [1.807, 2.05) is 54.6 Å². The van der Waals surface area contributed by atoms with E-state index in [9.17, 15) is 2.74 Å². The van der Waals surface area contributed by atoms with Crippen molar-refractivity contribution < 1.29 is 15.4 Å². The van der Waals surface area contributed by atoms with Gasteiger partial charge in [-0.15, -0.1) is 0 Å². The summed E-state index contributed by atoms with van der Waals surface area (Å²) in [5.74, 6) is 0. The zero-order valence-corrected chi connectivity index (χ0v) is 19.5. The molecule has 0 bridgehead atoms. The lowest BCUT2D eigenvalue weighted by molar-refractivity contribution is 0.674. The van der Waals surface area contributed by atoms with Gasteiger partial charge in [-0.2, -0.15) is 0 Å². The molecule has 37 heavy (non-hydrogen) atoms. The van der Waals surface area contributed by atoms with Gasteiger partial charge in [-0.3, -0.25) is 0 Å². The van der Waals surface area contributed by atoms with E-state index in [2.05, 4.69) is 0 Å². The first-order valence-corrected chi connectivity index (χ1v) is 12.1. The van der Waals surface area contributed by atoms with E-state index in [-0.39, 0.29) is 51.3 Å². The van der Waals surface area contributed by atoms with E-state index in [0.717, 1.165) is 21.5 Å². The Morgan fingerprint density at radius 3 is 1.76 bits per heavy atom. The smallest absolute Gasteiger partial charge is 0.143 e. The maximum atomic E-state index is 9.18. The standard InChI is InChI=1S/C36H22O/c1-2-12-24(13-3-1)33-26-15-6-8-17-28(26)34(29-18-9-7-16-27(29)33)32-20-10-19-30-31-22-21-23-11-4-5-14-25(23)35(31)37-36(30)32/h1-22H/i6D,7D,8D,9D,15D,16D,17D,18D. The van der Waals surface area contributed by atoms with Crippen LogP contribution in [0, 0.1) is 0 Å². The zero-order valence-electron chi connectivity index (χ0n) is 27.5. The van der Waals surface area contributed by atoms with Gasteiger partial charge in [0, 0.05) is 27.3 Å². The molecular weight excluding hydrogens is 448 g/mol. The van der Waals surface area contributed by atoms with Crippen LogP contribution in [0.15, 0.2) is 138 Å². The van der Waals surface area contributed by atoms with Crippen molar-refractivity contribution >= 4 is 54.3 Å². The predicted octanol–water partition coefficient (Wildman–Crippen LogP) is 10.4. The molecule has 0 aliphatic rings. The molecule has 0 radical (unpaired) electrons. The minimum atomic E-state index is -0.435. The van der Waals surface area contributed by atoms with Crippen molar-refractivity contribution in [2.75, 3.05) is 0 Å². The third-order valence-electron chi connectivity index (χ3n) is 7.10. The third-order valence-corrected chi connectivity index (χ3v) is 7.10. The second-order valence-electron chi connectivity index (χ2n) is 9.06. The molecule has 8 rings (SSSR count). The third kappa shape index (κ3) is 2.92. The SMILES string of the molecule is [2H]c1c([2H])c([2H])c2c(-c3cccc4c3oc3c5ccccc5ccc43)c3c([2H])c([2H])c([2H])c([2H])c3c(-c3ccccc3)c2c1[2H]. The van der Waals surface area contributed by atoms with Crippen molar-refractivity contribution in [2.45, 2.75) is 0 Å². The lowest BCUT2D eigenvalue weighted by Crippen LogP contribution is -1.90.